The van der Waals surface area contributed by atoms with Gasteiger partial charge in [-0.05, 0) is 20.8 Å². The van der Waals surface area contributed by atoms with E-state index in [1.54, 1.807) is 12.4 Å². The van der Waals surface area contributed by atoms with Gasteiger partial charge in [-0.3, -0.25) is 4.98 Å². The number of nitrogens with zero attached hydrogens (tertiary/aromatic N) is 6. The van der Waals surface area contributed by atoms with Crippen molar-refractivity contribution in [1.82, 2.24) is 19.9 Å². The lowest BCUT2D eigenvalue weighted by Gasteiger charge is -2.35. The first-order chi connectivity index (χ1) is 11.2. The molecular weight excluding hydrogens is 290 g/mol. The lowest BCUT2D eigenvalue weighted by atomic mass is 10.3. The molecule has 3 rings (SSSR count). The Morgan fingerprint density at radius 1 is 1.00 bits per heavy atom. The van der Waals surface area contributed by atoms with Crippen LogP contribution in [0, 0.1) is 13.8 Å². The molecule has 7 nitrogen and oxygen atoms in total. The zero-order valence-corrected chi connectivity index (χ0v) is 14.0. The maximum absolute atomic E-state index is 4.62. The maximum atomic E-state index is 4.62. The van der Waals surface area contributed by atoms with E-state index < -0.39 is 0 Å². The molecule has 122 valence electrons. The van der Waals surface area contributed by atoms with E-state index in [4.69, 9.17) is 0 Å². The first kappa shape index (κ1) is 15.5. The number of anilines is 3. The Balaban J connectivity index is 1.71. The van der Waals surface area contributed by atoms with Gasteiger partial charge in [-0.2, -0.15) is 4.98 Å². The Morgan fingerprint density at radius 3 is 2.39 bits per heavy atom. The van der Waals surface area contributed by atoms with Crippen molar-refractivity contribution in [3.63, 3.8) is 0 Å². The number of nitrogens with one attached hydrogen (secondary N) is 1. The highest BCUT2D eigenvalue weighted by atomic mass is 15.3. The van der Waals surface area contributed by atoms with Crippen LogP contribution in [0.25, 0.3) is 0 Å². The summed E-state index contributed by atoms with van der Waals surface area (Å²) in [5.41, 5.74) is 1.96. The van der Waals surface area contributed by atoms with Crippen LogP contribution < -0.4 is 15.1 Å². The molecule has 1 aliphatic heterocycles. The minimum absolute atomic E-state index is 0.802. The van der Waals surface area contributed by atoms with Gasteiger partial charge in [-0.1, -0.05) is 0 Å². The molecule has 1 N–H and O–H groups in total. The predicted molar refractivity (Wildman–Crippen MR) is 92.1 cm³/mol. The Morgan fingerprint density at radius 2 is 1.70 bits per heavy atom. The monoisotopic (exact) mass is 313 g/mol. The molecule has 0 unspecified atom stereocenters. The van der Waals surface area contributed by atoms with E-state index in [9.17, 15) is 0 Å². The van der Waals surface area contributed by atoms with Crippen molar-refractivity contribution < 1.29 is 0 Å². The smallest absolute Gasteiger partial charge is 0.227 e. The SMILES string of the molecule is CCNc1cc(C)nc(N2CCN(c3nccnc3C)CC2)n1. The molecule has 1 fully saturated rings. The van der Waals surface area contributed by atoms with Gasteiger partial charge in [0.2, 0.25) is 5.95 Å². The highest BCUT2D eigenvalue weighted by molar-refractivity contribution is 5.47. The zero-order valence-electron chi connectivity index (χ0n) is 14.0. The van der Waals surface area contributed by atoms with Gasteiger partial charge in [-0.15, -0.1) is 0 Å². The third kappa shape index (κ3) is 3.49. The van der Waals surface area contributed by atoms with Crippen LogP contribution in [-0.2, 0) is 0 Å². The van der Waals surface area contributed by atoms with Crippen molar-refractivity contribution in [2.75, 3.05) is 47.8 Å². The standard InChI is InChI=1S/C16H23N7/c1-4-17-14-11-12(2)20-16(21-14)23-9-7-22(8-10-23)15-13(3)18-5-6-19-15/h5-6,11H,4,7-10H2,1-3H3,(H,17,20,21). The van der Waals surface area contributed by atoms with Gasteiger partial charge >= 0.3 is 0 Å². The molecule has 1 saturated heterocycles. The van der Waals surface area contributed by atoms with Gasteiger partial charge in [0.1, 0.15) is 11.6 Å². The third-order valence-electron chi connectivity index (χ3n) is 3.92. The van der Waals surface area contributed by atoms with E-state index in [1.165, 1.54) is 0 Å². The fourth-order valence-corrected chi connectivity index (χ4v) is 2.79. The highest BCUT2D eigenvalue weighted by Crippen LogP contribution is 2.19. The number of piperazine rings is 1. The van der Waals surface area contributed by atoms with Gasteiger partial charge < -0.3 is 15.1 Å². The van der Waals surface area contributed by atoms with Crippen LogP contribution in [0.3, 0.4) is 0 Å². The summed E-state index contributed by atoms with van der Waals surface area (Å²) >= 11 is 0. The molecule has 1 aliphatic rings. The fraction of sp³-hybridized carbons (Fsp3) is 0.500. The van der Waals surface area contributed by atoms with Crippen molar-refractivity contribution >= 4 is 17.6 Å². The largest absolute Gasteiger partial charge is 0.370 e. The number of aryl methyl sites for hydroxylation is 2. The summed E-state index contributed by atoms with van der Waals surface area (Å²) in [5.74, 6) is 2.67. The molecule has 3 heterocycles. The van der Waals surface area contributed by atoms with Gasteiger partial charge in [0.25, 0.3) is 0 Å². The number of aromatic nitrogens is 4. The normalized spacial score (nSPS) is 14.9. The molecule has 0 aromatic carbocycles. The van der Waals surface area contributed by atoms with Crippen LogP contribution in [-0.4, -0.2) is 52.7 Å². The van der Waals surface area contributed by atoms with E-state index in [2.05, 4.69) is 42.0 Å². The summed E-state index contributed by atoms with van der Waals surface area (Å²) in [6.07, 6.45) is 3.49. The summed E-state index contributed by atoms with van der Waals surface area (Å²) < 4.78 is 0. The predicted octanol–water partition coefficient (Wildman–Crippen LogP) is 1.64. The summed E-state index contributed by atoms with van der Waals surface area (Å²) in [5, 5.41) is 3.26. The van der Waals surface area contributed by atoms with E-state index in [0.29, 0.717) is 0 Å². The minimum Gasteiger partial charge on any atom is -0.370 e. The van der Waals surface area contributed by atoms with E-state index in [-0.39, 0.29) is 0 Å². The zero-order chi connectivity index (χ0) is 16.2. The molecule has 0 saturated carbocycles. The summed E-state index contributed by atoms with van der Waals surface area (Å²) in [4.78, 5) is 22.5. The minimum atomic E-state index is 0.802. The molecule has 0 aliphatic carbocycles. The highest BCUT2D eigenvalue weighted by Gasteiger charge is 2.21. The van der Waals surface area contributed by atoms with E-state index in [0.717, 1.165) is 61.7 Å². The van der Waals surface area contributed by atoms with Gasteiger partial charge in [0.05, 0.1) is 5.69 Å². The molecule has 2 aromatic rings. The third-order valence-corrected chi connectivity index (χ3v) is 3.92. The number of hydrogen-bond donors (Lipinski definition) is 1. The molecule has 0 radical (unpaired) electrons. The first-order valence-electron chi connectivity index (χ1n) is 8.04. The van der Waals surface area contributed by atoms with Crippen LogP contribution in [0.4, 0.5) is 17.6 Å². The Bertz CT molecular complexity index is 665. The van der Waals surface area contributed by atoms with Crippen molar-refractivity contribution in [2.24, 2.45) is 0 Å². The fourth-order valence-electron chi connectivity index (χ4n) is 2.79. The van der Waals surface area contributed by atoms with Crippen molar-refractivity contribution in [1.29, 1.82) is 0 Å². The summed E-state index contributed by atoms with van der Waals surface area (Å²) in [6, 6.07) is 1.98. The second-order valence-electron chi connectivity index (χ2n) is 5.66. The molecule has 23 heavy (non-hydrogen) atoms. The lowest BCUT2D eigenvalue weighted by molar-refractivity contribution is 0.631. The molecular formula is C16H23N7. The number of hydrogen-bond acceptors (Lipinski definition) is 7. The quantitative estimate of drug-likeness (QED) is 0.920. The van der Waals surface area contributed by atoms with Crippen LogP contribution in [0.15, 0.2) is 18.5 Å². The van der Waals surface area contributed by atoms with E-state index in [1.807, 2.05) is 19.9 Å². The van der Waals surface area contributed by atoms with Crippen LogP contribution in [0.5, 0.6) is 0 Å². The molecule has 0 bridgehead atoms. The average molecular weight is 313 g/mol. The second kappa shape index (κ2) is 6.76. The average Bonchev–Trinajstić information content (AvgIpc) is 2.55. The molecule has 0 spiro atoms. The Hall–Kier alpha value is -2.44. The topological polar surface area (TPSA) is 70.1 Å². The molecule has 7 heteroatoms. The number of rotatable bonds is 4. The molecule has 0 atom stereocenters. The molecule has 2 aromatic heterocycles. The Kier molecular flexibility index (Phi) is 4.55. The Labute approximate surface area is 136 Å². The van der Waals surface area contributed by atoms with Crippen LogP contribution in [0.2, 0.25) is 0 Å². The maximum Gasteiger partial charge on any atom is 0.227 e. The summed E-state index contributed by atoms with van der Waals surface area (Å²) in [6.45, 7) is 10.5. The van der Waals surface area contributed by atoms with Gasteiger partial charge in [0, 0.05) is 56.9 Å². The molecule has 0 amide bonds. The first-order valence-corrected chi connectivity index (χ1v) is 8.04. The van der Waals surface area contributed by atoms with Crippen molar-refractivity contribution in [3.8, 4) is 0 Å². The summed E-state index contributed by atoms with van der Waals surface area (Å²) in [7, 11) is 0. The lowest BCUT2D eigenvalue weighted by Crippen LogP contribution is -2.47. The van der Waals surface area contributed by atoms with E-state index >= 15 is 0 Å². The van der Waals surface area contributed by atoms with Gasteiger partial charge in [-0.25, -0.2) is 9.97 Å². The van der Waals surface area contributed by atoms with Gasteiger partial charge in [0.15, 0.2) is 0 Å². The second-order valence-corrected chi connectivity index (χ2v) is 5.66. The van der Waals surface area contributed by atoms with Crippen LogP contribution >= 0.6 is 0 Å². The van der Waals surface area contributed by atoms with Crippen molar-refractivity contribution in [3.05, 3.63) is 29.8 Å². The van der Waals surface area contributed by atoms with Crippen molar-refractivity contribution in [2.45, 2.75) is 20.8 Å². The van der Waals surface area contributed by atoms with Crippen LogP contribution in [0.1, 0.15) is 18.3 Å².